The van der Waals surface area contributed by atoms with Gasteiger partial charge in [0.15, 0.2) is 0 Å². The van der Waals surface area contributed by atoms with Crippen molar-refractivity contribution in [3.05, 3.63) is 37.5 Å². The molecule has 0 saturated heterocycles. The number of carbonyl (C=O) groups is 5. The van der Waals surface area contributed by atoms with Gasteiger partial charge in [0.2, 0.25) is 6.08 Å². The molecule has 137 heavy (non-hydrogen) atoms. The Labute approximate surface area is 844 Å². The van der Waals surface area contributed by atoms with E-state index in [1.807, 2.05) is 0 Å². The molecule has 0 aliphatic carbocycles. The summed E-state index contributed by atoms with van der Waals surface area (Å²) in [6, 6.07) is -0.147. The van der Waals surface area contributed by atoms with Crippen LogP contribution in [0.2, 0.25) is 0 Å². The number of urea groups is 1. The van der Waals surface area contributed by atoms with Crippen LogP contribution in [0.15, 0.2) is 42.5 Å². The molecule has 10 unspecified atom stereocenters. The molecule has 0 fully saturated rings. The molecule has 0 bridgehead atoms. The summed E-state index contributed by atoms with van der Waals surface area (Å²) in [4.78, 5) is 84.9. The SMILES string of the molecule is C=C.C=C(C)C(=O)OCCOC(CC)CCCCCCCCCCCC(CCC)OCCN=C=O.C=C(C)C(=O)OCCOC(CCC)CCCCCCC.CCCCCCCC(CCC)OCCN.CCCCCCCC(CCCCC)OOC(=O)C(C)CC(C)C(=O)OCCOC(CC)CCCCCCCCCCCC(CCCC)OCCNC(=O)NCCOC(CCCC)CCCCC. The third-order valence-electron chi connectivity index (χ3n) is 24.8. The first-order chi connectivity index (χ1) is 66.6. The van der Waals surface area contributed by atoms with E-state index in [0.29, 0.717) is 121 Å². The van der Waals surface area contributed by atoms with Crippen LogP contribution in [0.5, 0.6) is 0 Å². The summed E-state index contributed by atoms with van der Waals surface area (Å²) in [5.74, 6) is -2.29. The summed E-state index contributed by atoms with van der Waals surface area (Å²) in [6.45, 7) is 53.1. The highest BCUT2D eigenvalue weighted by Crippen LogP contribution is 2.25. The number of esters is 3. The van der Waals surface area contributed by atoms with Crippen LogP contribution >= 0.6 is 0 Å². The molecule has 22 nitrogen and oxygen atoms in total. The zero-order valence-corrected chi connectivity index (χ0v) is 92.4. The van der Waals surface area contributed by atoms with Crippen LogP contribution in [0.25, 0.3) is 0 Å². The van der Waals surface area contributed by atoms with Gasteiger partial charge in [0.25, 0.3) is 0 Å². The molecule has 0 aliphatic heterocycles. The van der Waals surface area contributed by atoms with E-state index in [0.717, 1.165) is 141 Å². The Bertz CT molecular complexity index is 2620. The smallest absolute Gasteiger partial charge is 0.345 e. The number of ether oxygens (including phenoxy) is 10. The van der Waals surface area contributed by atoms with Crippen LogP contribution in [0.1, 0.15) is 515 Å². The molecule has 0 radical (unpaired) electrons. The molecule has 0 rings (SSSR count). The fourth-order valence-electron chi connectivity index (χ4n) is 16.3. The number of hydrogen-bond donors (Lipinski definition) is 3. The second kappa shape index (κ2) is 115. The predicted octanol–water partition coefficient (Wildman–Crippen LogP) is 30.8. The first-order valence-electron chi connectivity index (χ1n) is 56.9. The molecule has 0 aliphatic rings. The molecule has 812 valence electrons. The normalized spacial score (nSPS) is 13.3. The maximum atomic E-state index is 12.7. The van der Waals surface area contributed by atoms with E-state index in [1.54, 1.807) is 33.8 Å². The molecule has 0 spiro atoms. The summed E-state index contributed by atoms with van der Waals surface area (Å²) in [5, 5.41) is 5.88. The lowest BCUT2D eigenvalue weighted by atomic mass is 9.98. The Morgan fingerprint density at radius 3 is 0.869 bits per heavy atom. The van der Waals surface area contributed by atoms with Gasteiger partial charge in [-0.25, -0.2) is 29.0 Å². The van der Waals surface area contributed by atoms with Crippen LogP contribution in [-0.2, 0) is 81.1 Å². The van der Waals surface area contributed by atoms with E-state index in [9.17, 15) is 28.8 Å². The highest BCUT2D eigenvalue weighted by Gasteiger charge is 2.26. The van der Waals surface area contributed by atoms with E-state index in [4.69, 9.17) is 62.9 Å². The maximum absolute atomic E-state index is 12.7. The number of nitrogens with one attached hydrogen (secondary N) is 2. The largest absolute Gasteiger partial charge is 0.463 e. The quantitative estimate of drug-likeness (QED) is 0.00587. The molecular weight excluding hydrogens is 1730 g/mol. The lowest BCUT2D eigenvalue weighted by molar-refractivity contribution is -0.303. The standard InChI is InChI=1S/C56H110N2O9.C27H49NO5.C17H32O3.C13H29NO.C2H4/c1-9-15-20-26-33-40-53(39-30-17-11-3)66-67-55(60)49(8)47-48(7)54(59)65-46-45-64-50(14-6)36-31-27-24-22-21-23-25-28-32-38-52(35-19-13-5)63-44-42-58-56(61)57-41-43-62-51(34-18-12-4)37-29-16-10-2;1-5-16-26(31-20-19-28-23-29)18-15-13-11-9-7-8-10-12-14-17-25(6-2)32-21-22-33-27(30)24(3)4;1-5-7-8-9-10-12-16(11-6-2)19-13-14-20-17(18)15(3)4;1-3-5-6-7-8-10-13(9-4-2)15-12-11-14;1-2/h48-53H,9-47H2,1-8H3,(H2,57,58,61);25-26H,3,5-22H2,1-2,4H3;16H,3,5-14H2,1-2,4H3;13H,3-12,14H2,1-2H3;1-2H2. The fourth-order valence-corrected chi connectivity index (χ4v) is 16.3. The molecule has 0 saturated carbocycles. The minimum Gasteiger partial charge on any atom is -0.463 e. The Morgan fingerprint density at radius 1 is 0.299 bits per heavy atom. The number of amides is 2. The van der Waals surface area contributed by atoms with E-state index >= 15 is 0 Å². The summed E-state index contributed by atoms with van der Waals surface area (Å²) in [7, 11) is 0. The van der Waals surface area contributed by atoms with Crippen molar-refractivity contribution in [3.8, 4) is 0 Å². The number of nitrogens with zero attached hydrogens (tertiary/aromatic N) is 1. The van der Waals surface area contributed by atoms with E-state index in [1.165, 1.54) is 263 Å². The monoisotopic (exact) mass is 1950 g/mol. The second-order valence-corrected chi connectivity index (χ2v) is 38.1. The van der Waals surface area contributed by atoms with Crippen molar-refractivity contribution < 1.29 is 85.9 Å². The molecule has 0 aromatic heterocycles. The van der Waals surface area contributed by atoms with Crippen LogP contribution in [0, 0.1) is 11.8 Å². The van der Waals surface area contributed by atoms with Crippen molar-refractivity contribution in [1.29, 1.82) is 0 Å². The summed E-state index contributed by atoms with van der Waals surface area (Å²) < 4.78 is 57.2. The third kappa shape index (κ3) is 104. The fraction of sp³-hybridized carbons (Fsp3) is 0.896. The van der Waals surface area contributed by atoms with Crippen LogP contribution < -0.4 is 16.4 Å². The number of nitrogens with two attached hydrogens (primary N) is 1. The molecule has 4 N–H and O–H groups in total. The van der Waals surface area contributed by atoms with Gasteiger partial charge in [-0.1, -0.05) is 405 Å². The van der Waals surface area contributed by atoms with Crippen LogP contribution in [0.3, 0.4) is 0 Å². The van der Waals surface area contributed by atoms with Crippen molar-refractivity contribution in [2.45, 2.75) is 564 Å². The molecule has 10 atom stereocenters. The molecular formula is C115H224N4O18. The van der Waals surface area contributed by atoms with Crippen molar-refractivity contribution in [2.75, 3.05) is 92.2 Å². The van der Waals surface area contributed by atoms with Crippen LogP contribution in [-0.4, -0.2) is 177 Å². The molecule has 2 amide bonds. The van der Waals surface area contributed by atoms with Gasteiger partial charge in [-0.3, -0.25) is 9.68 Å². The highest BCUT2D eigenvalue weighted by atomic mass is 17.2. The molecule has 22 heteroatoms. The zero-order valence-electron chi connectivity index (χ0n) is 92.4. The minimum atomic E-state index is -0.462. The summed E-state index contributed by atoms with van der Waals surface area (Å²) >= 11 is 0. The van der Waals surface area contributed by atoms with Gasteiger partial charge in [0.05, 0.1) is 107 Å². The highest BCUT2D eigenvalue weighted by molar-refractivity contribution is 5.87. The number of aliphatic imine (C=N–C) groups is 1. The first kappa shape index (κ1) is 141. The molecule has 0 heterocycles. The Morgan fingerprint density at radius 2 is 0.555 bits per heavy atom. The van der Waals surface area contributed by atoms with Crippen molar-refractivity contribution in [1.82, 2.24) is 10.6 Å². The lowest BCUT2D eigenvalue weighted by Crippen LogP contribution is -2.39. The first-order valence-corrected chi connectivity index (χ1v) is 56.9. The van der Waals surface area contributed by atoms with Gasteiger partial charge >= 0.3 is 29.9 Å². The second-order valence-electron chi connectivity index (χ2n) is 38.1. The van der Waals surface area contributed by atoms with Gasteiger partial charge in [0, 0.05) is 30.8 Å². The van der Waals surface area contributed by atoms with Crippen LogP contribution in [0.4, 0.5) is 4.79 Å². The number of unbranched alkanes of at least 4 members (excludes halogenated alkanes) is 34. The van der Waals surface area contributed by atoms with Crippen molar-refractivity contribution in [2.24, 2.45) is 22.6 Å². The number of carbonyl (C=O) groups excluding carboxylic acids is 6. The third-order valence-corrected chi connectivity index (χ3v) is 24.8. The topological polar surface area (TPSA) is 276 Å². The van der Waals surface area contributed by atoms with Crippen molar-refractivity contribution >= 4 is 36.0 Å². The predicted molar refractivity (Wildman–Crippen MR) is 574 cm³/mol. The zero-order chi connectivity index (χ0) is 103. The summed E-state index contributed by atoms with van der Waals surface area (Å²) in [6.07, 6.45) is 78.1. The maximum Gasteiger partial charge on any atom is 0.345 e. The molecule has 0 aromatic carbocycles. The lowest BCUT2D eigenvalue weighted by Gasteiger charge is -2.19. The Balaban J connectivity index is -0.000000675. The Kier molecular flexibility index (Phi) is 118. The van der Waals surface area contributed by atoms with Gasteiger partial charge in [-0.2, -0.15) is 4.89 Å². The Hall–Kier alpha value is -4.61. The summed E-state index contributed by atoms with van der Waals surface area (Å²) in [5.41, 5.74) is 6.30. The average Bonchev–Trinajstić information content (AvgIpc) is 0.911. The van der Waals surface area contributed by atoms with Gasteiger partial charge < -0.3 is 63.7 Å². The van der Waals surface area contributed by atoms with E-state index in [2.05, 4.69) is 125 Å². The van der Waals surface area contributed by atoms with Gasteiger partial charge in [0.1, 0.15) is 25.9 Å². The number of isocyanates is 1. The minimum absolute atomic E-state index is 0.0689. The number of rotatable bonds is 99. The average molecular weight is 1950 g/mol. The van der Waals surface area contributed by atoms with E-state index < -0.39 is 17.8 Å². The van der Waals surface area contributed by atoms with E-state index in [-0.39, 0.29) is 55.0 Å². The number of hydrogen-bond acceptors (Lipinski definition) is 20. The molecule has 0 aromatic rings. The van der Waals surface area contributed by atoms with Gasteiger partial charge in [-0.05, 0) is 123 Å². The van der Waals surface area contributed by atoms with Crippen molar-refractivity contribution in [3.63, 3.8) is 0 Å². The van der Waals surface area contributed by atoms with Gasteiger partial charge in [-0.15, -0.1) is 13.2 Å².